The molecule has 2 atom stereocenters. The van der Waals surface area contributed by atoms with Crippen LogP contribution in [-0.2, 0) is 21.5 Å². The van der Waals surface area contributed by atoms with Crippen LogP contribution in [0.25, 0.3) is 0 Å². The second kappa shape index (κ2) is 6.97. The Balaban J connectivity index is 1.56. The molecule has 1 fully saturated rings. The predicted molar refractivity (Wildman–Crippen MR) is 91.1 cm³/mol. The SMILES string of the molecule is COC(=O)[C@@]1(c2ccccc2)N[C@H]1CCCCc1ccccc1. The van der Waals surface area contributed by atoms with Crippen molar-refractivity contribution in [3.05, 3.63) is 71.8 Å². The van der Waals surface area contributed by atoms with Crippen LogP contribution in [0.15, 0.2) is 60.7 Å². The highest BCUT2D eigenvalue weighted by atomic mass is 16.5. The number of carbonyl (C=O) groups is 1. The molecule has 0 saturated carbocycles. The van der Waals surface area contributed by atoms with Crippen LogP contribution in [0.1, 0.15) is 30.4 Å². The van der Waals surface area contributed by atoms with Crippen molar-refractivity contribution in [1.82, 2.24) is 5.32 Å². The molecule has 0 aromatic heterocycles. The molecule has 0 bridgehead atoms. The fraction of sp³-hybridized carbons (Fsp3) is 0.350. The van der Waals surface area contributed by atoms with E-state index in [9.17, 15) is 4.79 Å². The number of carbonyl (C=O) groups excluding carboxylic acids is 1. The second-order valence-corrected chi connectivity index (χ2v) is 6.09. The summed E-state index contributed by atoms with van der Waals surface area (Å²) in [5, 5.41) is 3.37. The number of methoxy groups -OCH3 is 1. The molecule has 1 saturated heterocycles. The van der Waals surface area contributed by atoms with Crippen LogP contribution in [0.2, 0.25) is 0 Å². The topological polar surface area (TPSA) is 48.2 Å². The Bertz CT molecular complexity index is 641. The third-order valence-electron chi connectivity index (χ3n) is 4.63. The van der Waals surface area contributed by atoms with Gasteiger partial charge in [-0.2, -0.15) is 0 Å². The van der Waals surface area contributed by atoms with Gasteiger partial charge in [-0.1, -0.05) is 67.1 Å². The summed E-state index contributed by atoms with van der Waals surface area (Å²) in [5.74, 6) is -0.184. The Kier molecular flexibility index (Phi) is 4.77. The van der Waals surface area contributed by atoms with E-state index in [1.807, 2.05) is 36.4 Å². The molecule has 1 heterocycles. The summed E-state index contributed by atoms with van der Waals surface area (Å²) >= 11 is 0. The summed E-state index contributed by atoms with van der Waals surface area (Å²) in [6.45, 7) is 0. The first-order valence-electron chi connectivity index (χ1n) is 8.23. The van der Waals surface area contributed by atoms with Crippen molar-refractivity contribution >= 4 is 5.97 Å². The molecule has 0 aliphatic carbocycles. The van der Waals surface area contributed by atoms with Crippen LogP contribution >= 0.6 is 0 Å². The third-order valence-corrected chi connectivity index (χ3v) is 4.63. The standard InChI is InChI=1S/C20H23NO2/c1-23-19(22)20(17-13-6-3-7-14-17)18(21-20)15-9-8-12-16-10-4-2-5-11-16/h2-7,10-11,13-14,18,21H,8-9,12,15H2,1H3/t18-,20-/m0/s1. The van der Waals surface area contributed by atoms with Crippen LogP contribution < -0.4 is 5.32 Å². The first-order valence-corrected chi connectivity index (χ1v) is 8.23. The minimum absolute atomic E-state index is 0.174. The Morgan fingerprint density at radius 1 is 1.04 bits per heavy atom. The number of nitrogens with one attached hydrogen (secondary N) is 1. The Morgan fingerprint density at radius 2 is 1.70 bits per heavy atom. The van der Waals surface area contributed by atoms with E-state index in [2.05, 4.69) is 29.6 Å². The molecular formula is C20H23NO2. The van der Waals surface area contributed by atoms with E-state index < -0.39 is 5.54 Å². The summed E-state index contributed by atoms with van der Waals surface area (Å²) < 4.78 is 5.04. The van der Waals surface area contributed by atoms with Gasteiger partial charge in [0, 0.05) is 6.04 Å². The van der Waals surface area contributed by atoms with Crippen molar-refractivity contribution in [2.75, 3.05) is 7.11 Å². The summed E-state index contributed by atoms with van der Waals surface area (Å²) in [5.41, 5.74) is 1.74. The lowest BCUT2D eigenvalue weighted by atomic mass is 9.92. The zero-order valence-electron chi connectivity index (χ0n) is 13.5. The van der Waals surface area contributed by atoms with Gasteiger partial charge in [-0.25, -0.2) is 4.79 Å². The van der Waals surface area contributed by atoms with Crippen LogP contribution in [-0.4, -0.2) is 19.1 Å². The second-order valence-electron chi connectivity index (χ2n) is 6.09. The lowest BCUT2D eigenvalue weighted by Crippen LogP contribution is -2.28. The minimum Gasteiger partial charge on any atom is -0.467 e. The van der Waals surface area contributed by atoms with Gasteiger partial charge in [0.05, 0.1) is 7.11 Å². The van der Waals surface area contributed by atoms with E-state index in [1.165, 1.54) is 12.7 Å². The van der Waals surface area contributed by atoms with Crippen LogP contribution in [0.3, 0.4) is 0 Å². The van der Waals surface area contributed by atoms with Gasteiger partial charge >= 0.3 is 5.97 Å². The number of ether oxygens (including phenoxy) is 1. The van der Waals surface area contributed by atoms with E-state index in [1.54, 1.807) is 0 Å². The first-order chi connectivity index (χ1) is 11.3. The Hall–Kier alpha value is -2.13. The van der Waals surface area contributed by atoms with E-state index in [-0.39, 0.29) is 12.0 Å². The van der Waals surface area contributed by atoms with Gasteiger partial charge in [-0.05, 0) is 30.4 Å². The lowest BCUT2D eigenvalue weighted by molar-refractivity contribution is -0.144. The van der Waals surface area contributed by atoms with Gasteiger partial charge in [0.15, 0.2) is 5.54 Å². The quantitative estimate of drug-likeness (QED) is 0.484. The zero-order valence-corrected chi connectivity index (χ0v) is 13.5. The maximum atomic E-state index is 12.3. The fourth-order valence-electron chi connectivity index (χ4n) is 3.31. The smallest absolute Gasteiger partial charge is 0.332 e. The third kappa shape index (κ3) is 3.30. The van der Waals surface area contributed by atoms with Crippen LogP contribution in [0, 0.1) is 0 Å². The molecule has 120 valence electrons. The van der Waals surface area contributed by atoms with E-state index in [4.69, 9.17) is 4.74 Å². The maximum Gasteiger partial charge on any atom is 0.332 e. The number of benzene rings is 2. The van der Waals surface area contributed by atoms with Gasteiger partial charge in [-0.3, -0.25) is 5.32 Å². The molecule has 3 rings (SSSR count). The molecule has 3 nitrogen and oxygen atoms in total. The highest BCUT2D eigenvalue weighted by Crippen LogP contribution is 2.41. The fourth-order valence-corrected chi connectivity index (χ4v) is 3.31. The Labute approximate surface area is 137 Å². The number of unbranched alkanes of at least 4 members (excludes halogenated alkanes) is 1. The molecule has 23 heavy (non-hydrogen) atoms. The number of hydrogen-bond donors (Lipinski definition) is 1. The summed E-state index contributed by atoms with van der Waals surface area (Å²) in [6.07, 6.45) is 4.30. The average molecular weight is 309 g/mol. The van der Waals surface area contributed by atoms with Crippen molar-refractivity contribution in [1.29, 1.82) is 0 Å². The van der Waals surface area contributed by atoms with Crippen molar-refractivity contribution in [2.24, 2.45) is 0 Å². The normalized spacial score (nSPS) is 22.6. The number of rotatable bonds is 7. The monoisotopic (exact) mass is 309 g/mol. The highest BCUT2D eigenvalue weighted by molar-refractivity contribution is 5.87. The molecule has 1 N–H and O–H groups in total. The average Bonchev–Trinajstić information content (AvgIpc) is 3.35. The summed E-state index contributed by atoms with van der Waals surface area (Å²) in [7, 11) is 1.46. The van der Waals surface area contributed by atoms with Crippen LogP contribution in [0.5, 0.6) is 0 Å². The minimum atomic E-state index is -0.636. The molecule has 0 amide bonds. The molecule has 0 unspecified atom stereocenters. The first kappa shape index (κ1) is 15.8. The van der Waals surface area contributed by atoms with E-state index >= 15 is 0 Å². The van der Waals surface area contributed by atoms with Gasteiger partial charge < -0.3 is 4.74 Å². The van der Waals surface area contributed by atoms with E-state index in [0.29, 0.717) is 0 Å². The van der Waals surface area contributed by atoms with Gasteiger partial charge in [0.1, 0.15) is 0 Å². The number of aryl methyl sites for hydroxylation is 1. The summed E-state index contributed by atoms with van der Waals surface area (Å²) in [6, 6.07) is 20.6. The van der Waals surface area contributed by atoms with Crippen molar-refractivity contribution < 1.29 is 9.53 Å². The molecule has 2 aromatic carbocycles. The van der Waals surface area contributed by atoms with Crippen molar-refractivity contribution in [3.8, 4) is 0 Å². The van der Waals surface area contributed by atoms with Gasteiger partial charge in [0.2, 0.25) is 0 Å². The number of hydrogen-bond acceptors (Lipinski definition) is 3. The van der Waals surface area contributed by atoms with Crippen molar-refractivity contribution in [3.63, 3.8) is 0 Å². The van der Waals surface area contributed by atoms with Gasteiger partial charge in [-0.15, -0.1) is 0 Å². The molecule has 2 aromatic rings. The molecule has 0 spiro atoms. The zero-order chi connectivity index (χ0) is 16.1. The molecule has 1 aliphatic heterocycles. The summed E-state index contributed by atoms with van der Waals surface area (Å²) in [4.78, 5) is 12.3. The number of esters is 1. The Morgan fingerprint density at radius 3 is 2.35 bits per heavy atom. The largest absolute Gasteiger partial charge is 0.467 e. The van der Waals surface area contributed by atoms with Crippen LogP contribution in [0.4, 0.5) is 0 Å². The lowest BCUT2D eigenvalue weighted by Gasteiger charge is -2.13. The predicted octanol–water partition coefficient (Wildman–Crippen LogP) is 3.44. The van der Waals surface area contributed by atoms with E-state index in [0.717, 1.165) is 31.2 Å². The van der Waals surface area contributed by atoms with Crippen molar-refractivity contribution in [2.45, 2.75) is 37.3 Å². The molecular weight excluding hydrogens is 286 g/mol. The molecule has 3 heteroatoms. The molecule has 0 radical (unpaired) electrons. The highest BCUT2D eigenvalue weighted by Gasteiger charge is 2.61. The van der Waals surface area contributed by atoms with Gasteiger partial charge in [0.25, 0.3) is 0 Å². The maximum absolute atomic E-state index is 12.3. The molecule has 1 aliphatic rings.